The molecule has 1 aromatic carbocycles. The van der Waals surface area contributed by atoms with Crippen molar-refractivity contribution in [3.63, 3.8) is 0 Å². The summed E-state index contributed by atoms with van der Waals surface area (Å²) in [6.45, 7) is 4.11. The van der Waals surface area contributed by atoms with Crippen LogP contribution in [0.5, 0.6) is 0 Å². The molecule has 1 rings (SSSR count). The summed E-state index contributed by atoms with van der Waals surface area (Å²) >= 11 is 0. The first-order chi connectivity index (χ1) is 15.5. The highest BCUT2D eigenvalue weighted by Crippen LogP contribution is 2.19. The van der Waals surface area contributed by atoms with Crippen molar-refractivity contribution in [3.8, 4) is 0 Å². The molecule has 0 aromatic heterocycles. The van der Waals surface area contributed by atoms with Crippen LogP contribution in [0.1, 0.15) is 109 Å². The van der Waals surface area contributed by atoms with Crippen LogP contribution in [0.4, 0.5) is 0 Å². The quantitative estimate of drug-likeness (QED) is 0.171. The maximum Gasteiger partial charge on any atom is 0.303 e. The molecule has 5 nitrogen and oxygen atoms in total. The van der Waals surface area contributed by atoms with E-state index >= 15 is 0 Å². The molecule has 2 unspecified atom stereocenters. The van der Waals surface area contributed by atoms with Crippen LogP contribution >= 0.6 is 0 Å². The van der Waals surface area contributed by atoms with E-state index < -0.39 is 5.97 Å². The summed E-state index contributed by atoms with van der Waals surface area (Å²) in [5.74, 6) is -0.908. The standard InChI is InChI=1S/C27H44O5/c1-3-25(32-23(2)28)21-26(31-22-24-17-13-12-14-18-24)19-15-10-8-6-4-5-7-9-11-16-20-27(29)30/h12-14,17-18,25-26H,3-11,15-16,19-22H2,1-2H3,(H,29,30). The number of carbonyl (C=O) groups is 2. The van der Waals surface area contributed by atoms with E-state index in [4.69, 9.17) is 14.6 Å². The monoisotopic (exact) mass is 448 g/mol. The van der Waals surface area contributed by atoms with Gasteiger partial charge in [0.2, 0.25) is 0 Å². The van der Waals surface area contributed by atoms with E-state index in [1.165, 1.54) is 51.0 Å². The minimum atomic E-state index is -0.686. The van der Waals surface area contributed by atoms with Gasteiger partial charge < -0.3 is 14.6 Å². The van der Waals surface area contributed by atoms with Crippen LogP contribution in [-0.4, -0.2) is 29.3 Å². The third kappa shape index (κ3) is 15.9. The van der Waals surface area contributed by atoms with Crippen molar-refractivity contribution in [2.45, 2.75) is 123 Å². The van der Waals surface area contributed by atoms with Gasteiger partial charge in [0.25, 0.3) is 0 Å². The largest absolute Gasteiger partial charge is 0.481 e. The lowest BCUT2D eigenvalue weighted by atomic mass is 10.0. The van der Waals surface area contributed by atoms with Crippen LogP contribution < -0.4 is 0 Å². The van der Waals surface area contributed by atoms with Gasteiger partial charge in [0.05, 0.1) is 12.7 Å². The first-order valence-electron chi connectivity index (χ1n) is 12.6. The Morgan fingerprint density at radius 2 is 1.41 bits per heavy atom. The second-order valence-electron chi connectivity index (χ2n) is 8.76. The third-order valence-corrected chi connectivity index (χ3v) is 5.81. The molecule has 0 amide bonds. The highest BCUT2D eigenvalue weighted by atomic mass is 16.5. The summed E-state index contributed by atoms with van der Waals surface area (Å²) in [6.07, 6.45) is 14.4. The summed E-state index contributed by atoms with van der Waals surface area (Å²) in [5, 5.41) is 8.64. The molecule has 0 fully saturated rings. The fourth-order valence-electron chi connectivity index (χ4n) is 3.95. The minimum absolute atomic E-state index is 0.0798. The molecule has 0 aliphatic carbocycles. The molecule has 1 aromatic rings. The first kappa shape index (κ1) is 28.2. The van der Waals surface area contributed by atoms with Gasteiger partial charge in [-0.25, -0.2) is 0 Å². The molecule has 2 atom stereocenters. The van der Waals surface area contributed by atoms with E-state index in [2.05, 4.69) is 12.1 Å². The Kier molecular flexibility index (Phi) is 16.4. The third-order valence-electron chi connectivity index (χ3n) is 5.81. The Hall–Kier alpha value is -1.88. The Labute approximate surface area is 194 Å². The number of hydrogen-bond donors (Lipinski definition) is 1. The molecule has 0 saturated heterocycles. The summed E-state index contributed by atoms with van der Waals surface area (Å²) in [5.41, 5.74) is 1.17. The predicted octanol–water partition coefficient (Wildman–Crippen LogP) is 7.07. The van der Waals surface area contributed by atoms with Crippen LogP contribution in [0.15, 0.2) is 30.3 Å². The smallest absolute Gasteiger partial charge is 0.303 e. The number of ether oxygens (including phenoxy) is 2. The van der Waals surface area contributed by atoms with Gasteiger partial charge in [0.1, 0.15) is 6.10 Å². The fourth-order valence-corrected chi connectivity index (χ4v) is 3.95. The van der Waals surface area contributed by atoms with Crippen molar-refractivity contribution in [2.24, 2.45) is 0 Å². The maximum absolute atomic E-state index is 11.4. The number of carbonyl (C=O) groups excluding carboxylic acids is 1. The number of carboxylic acid groups (broad SMARTS) is 1. The van der Waals surface area contributed by atoms with Crippen LogP contribution in [0.25, 0.3) is 0 Å². The van der Waals surface area contributed by atoms with Crippen molar-refractivity contribution in [2.75, 3.05) is 0 Å². The predicted molar refractivity (Wildman–Crippen MR) is 129 cm³/mol. The summed E-state index contributed by atoms with van der Waals surface area (Å²) in [4.78, 5) is 21.9. The van der Waals surface area contributed by atoms with Crippen molar-refractivity contribution in [1.82, 2.24) is 0 Å². The molecule has 0 aliphatic rings. The van der Waals surface area contributed by atoms with Gasteiger partial charge in [0.15, 0.2) is 0 Å². The van der Waals surface area contributed by atoms with E-state index in [-0.39, 0.29) is 18.2 Å². The highest BCUT2D eigenvalue weighted by Gasteiger charge is 2.18. The van der Waals surface area contributed by atoms with Gasteiger partial charge in [-0.3, -0.25) is 9.59 Å². The van der Waals surface area contributed by atoms with Gasteiger partial charge >= 0.3 is 11.9 Å². The molecular formula is C27H44O5. The molecule has 0 heterocycles. The van der Waals surface area contributed by atoms with Crippen molar-refractivity contribution >= 4 is 11.9 Å². The molecule has 0 bridgehead atoms. The lowest BCUT2D eigenvalue weighted by Gasteiger charge is -2.23. The topological polar surface area (TPSA) is 72.8 Å². The molecule has 0 spiro atoms. The average Bonchev–Trinajstić information content (AvgIpc) is 2.77. The van der Waals surface area contributed by atoms with Crippen LogP contribution in [0, 0.1) is 0 Å². The van der Waals surface area contributed by atoms with Crippen LogP contribution in [-0.2, 0) is 25.7 Å². The lowest BCUT2D eigenvalue weighted by Crippen LogP contribution is -2.24. The Morgan fingerprint density at radius 3 is 1.94 bits per heavy atom. The first-order valence-corrected chi connectivity index (χ1v) is 12.6. The second kappa shape index (κ2) is 18.7. The van der Waals surface area contributed by atoms with E-state index in [1.807, 2.05) is 25.1 Å². The van der Waals surface area contributed by atoms with Gasteiger partial charge in [-0.2, -0.15) is 0 Å². The molecule has 0 radical (unpaired) electrons. The van der Waals surface area contributed by atoms with Gasteiger partial charge in [-0.1, -0.05) is 95.0 Å². The lowest BCUT2D eigenvalue weighted by molar-refractivity contribution is -0.148. The number of carboxylic acids is 1. The molecular weight excluding hydrogens is 404 g/mol. The highest BCUT2D eigenvalue weighted by molar-refractivity contribution is 5.66. The number of hydrogen-bond acceptors (Lipinski definition) is 4. The molecule has 182 valence electrons. The average molecular weight is 449 g/mol. The SMILES string of the molecule is CCC(CC(CCCCCCCCCCCCC(=O)O)OCc1ccccc1)OC(C)=O. The fraction of sp³-hybridized carbons (Fsp3) is 0.704. The van der Waals surface area contributed by atoms with Gasteiger partial charge in [-0.15, -0.1) is 0 Å². The minimum Gasteiger partial charge on any atom is -0.481 e. The van der Waals surface area contributed by atoms with Crippen molar-refractivity contribution in [1.29, 1.82) is 0 Å². The van der Waals surface area contributed by atoms with Gasteiger partial charge in [0, 0.05) is 19.8 Å². The van der Waals surface area contributed by atoms with Crippen molar-refractivity contribution < 1.29 is 24.2 Å². The van der Waals surface area contributed by atoms with E-state index in [9.17, 15) is 9.59 Å². The van der Waals surface area contributed by atoms with Gasteiger partial charge in [-0.05, 0) is 24.8 Å². The normalized spacial score (nSPS) is 12.9. The maximum atomic E-state index is 11.4. The summed E-state index contributed by atoms with van der Waals surface area (Å²) in [7, 11) is 0. The van der Waals surface area contributed by atoms with E-state index in [0.717, 1.165) is 44.9 Å². The molecule has 32 heavy (non-hydrogen) atoms. The van der Waals surface area contributed by atoms with E-state index in [1.54, 1.807) is 0 Å². The number of unbranched alkanes of at least 4 members (excludes halogenated alkanes) is 9. The Bertz CT molecular complexity index is 601. The number of aliphatic carboxylic acids is 1. The molecule has 5 heteroatoms. The Morgan fingerprint density at radius 1 is 0.844 bits per heavy atom. The zero-order valence-corrected chi connectivity index (χ0v) is 20.2. The summed E-state index contributed by atoms with van der Waals surface area (Å²) in [6, 6.07) is 10.2. The van der Waals surface area contributed by atoms with Crippen LogP contribution in [0.3, 0.4) is 0 Å². The number of benzene rings is 1. The molecule has 1 N–H and O–H groups in total. The Balaban J connectivity index is 2.21. The summed E-state index contributed by atoms with van der Waals surface area (Å²) < 4.78 is 11.7. The zero-order valence-electron chi connectivity index (χ0n) is 20.2. The van der Waals surface area contributed by atoms with Crippen molar-refractivity contribution in [3.05, 3.63) is 35.9 Å². The van der Waals surface area contributed by atoms with Crippen LogP contribution in [0.2, 0.25) is 0 Å². The molecule has 0 saturated carbocycles. The second-order valence-corrected chi connectivity index (χ2v) is 8.76. The molecule has 0 aliphatic heterocycles. The zero-order chi connectivity index (χ0) is 23.4. The van der Waals surface area contributed by atoms with E-state index in [0.29, 0.717) is 13.0 Å². The number of rotatable bonds is 20. The number of esters is 1.